The monoisotopic (exact) mass is 459 g/mol. The SMILES string of the molecule is CCN(CC)C(CNC(=O)c1ccc(S(=O)(=O)N2CCOCC2)cc1)Cc1ccccc1. The van der Waals surface area contributed by atoms with Crippen LogP contribution in [0.2, 0.25) is 0 Å². The molecule has 0 saturated carbocycles. The molecule has 7 nitrogen and oxygen atoms in total. The number of benzene rings is 2. The smallest absolute Gasteiger partial charge is 0.251 e. The number of carbonyl (C=O) groups is 1. The Morgan fingerprint density at radius 2 is 1.66 bits per heavy atom. The standard InChI is InChI=1S/C24H33N3O4S/c1-3-26(4-2)22(18-20-8-6-5-7-9-20)19-25-24(28)21-10-12-23(13-11-21)32(29,30)27-14-16-31-17-15-27/h5-13,22H,3-4,14-19H2,1-2H3,(H,25,28). The number of nitrogens with zero attached hydrogens (tertiary/aromatic N) is 2. The van der Waals surface area contributed by atoms with Crippen LogP contribution in [0.1, 0.15) is 29.8 Å². The van der Waals surface area contributed by atoms with Crippen LogP contribution in [0.15, 0.2) is 59.5 Å². The predicted molar refractivity (Wildman–Crippen MR) is 125 cm³/mol. The van der Waals surface area contributed by atoms with Gasteiger partial charge in [0.1, 0.15) is 0 Å². The highest BCUT2D eigenvalue weighted by Gasteiger charge is 2.26. The summed E-state index contributed by atoms with van der Waals surface area (Å²) in [6.45, 7) is 8.05. The Labute approximate surface area is 191 Å². The van der Waals surface area contributed by atoms with Crippen LogP contribution in [-0.4, -0.2) is 75.5 Å². The van der Waals surface area contributed by atoms with Crippen LogP contribution in [0.5, 0.6) is 0 Å². The van der Waals surface area contributed by atoms with Crippen molar-refractivity contribution < 1.29 is 17.9 Å². The molecule has 2 aromatic carbocycles. The van der Waals surface area contributed by atoms with E-state index < -0.39 is 10.0 Å². The Morgan fingerprint density at radius 1 is 1.03 bits per heavy atom. The molecule has 2 aromatic rings. The quantitative estimate of drug-likeness (QED) is 0.590. The Bertz CT molecular complexity index is 954. The second-order valence-corrected chi connectivity index (χ2v) is 9.75. The van der Waals surface area contributed by atoms with E-state index in [4.69, 9.17) is 4.74 Å². The topological polar surface area (TPSA) is 79.0 Å². The molecule has 8 heteroatoms. The minimum Gasteiger partial charge on any atom is -0.379 e. The van der Waals surface area contributed by atoms with Gasteiger partial charge >= 0.3 is 0 Å². The molecule has 1 atom stereocenters. The fourth-order valence-electron chi connectivity index (χ4n) is 3.98. The molecule has 32 heavy (non-hydrogen) atoms. The first-order valence-electron chi connectivity index (χ1n) is 11.2. The molecule has 174 valence electrons. The first-order valence-corrected chi connectivity index (χ1v) is 12.6. The molecule has 3 rings (SSSR count). The van der Waals surface area contributed by atoms with E-state index in [0.29, 0.717) is 38.4 Å². The summed E-state index contributed by atoms with van der Waals surface area (Å²) in [5, 5.41) is 3.03. The molecule has 0 spiro atoms. The zero-order valence-corrected chi connectivity index (χ0v) is 19.7. The highest BCUT2D eigenvalue weighted by Crippen LogP contribution is 2.18. The van der Waals surface area contributed by atoms with Crippen LogP contribution in [0.4, 0.5) is 0 Å². The zero-order chi connectivity index (χ0) is 23.0. The highest BCUT2D eigenvalue weighted by molar-refractivity contribution is 7.89. The van der Waals surface area contributed by atoms with Gasteiger partial charge in [-0.25, -0.2) is 8.42 Å². The molecule has 1 aliphatic rings. The van der Waals surface area contributed by atoms with Gasteiger partial charge in [-0.05, 0) is 49.3 Å². The van der Waals surface area contributed by atoms with Gasteiger partial charge in [0, 0.05) is 31.2 Å². The molecule has 1 fully saturated rings. The summed E-state index contributed by atoms with van der Waals surface area (Å²) < 4.78 is 32.2. The van der Waals surface area contributed by atoms with Crippen molar-refractivity contribution in [2.75, 3.05) is 45.9 Å². The minimum atomic E-state index is -3.57. The van der Waals surface area contributed by atoms with Crippen LogP contribution in [-0.2, 0) is 21.2 Å². The van der Waals surface area contributed by atoms with E-state index in [1.807, 2.05) is 18.2 Å². The van der Waals surface area contributed by atoms with Gasteiger partial charge < -0.3 is 10.1 Å². The number of hydrogen-bond donors (Lipinski definition) is 1. The van der Waals surface area contributed by atoms with E-state index in [9.17, 15) is 13.2 Å². The molecule has 0 radical (unpaired) electrons. The average Bonchev–Trinajstić information content (AvgIpc) is 2.84. The Balaban J connectivity index is 1.64. The summed E-state index contributed by atoms with van der Waals surface area (Å²) in [6.07, 6.45) is 0.847. The first-order chi connectivity index (χ1) is 15.5. The number of amides is 1. The van der Waals surface area contributed by atoms with E-state index in [-0.39, 0.29) is 16.8 Å². The molecule has 1 N–H and O–H groups in total. The number of ether oxygens (including phenoxy) is 1. The van der Waals surface area contributed by atoms with Crippen molar-refractivity contribution in [1.82, 2.24) is 14.5 Å². The van der Waals surface area contributed by atoms with Gasteiger partial charge in [-0.1, -0.05) is 44.2 Å². The molecule has 0 aliphatic carbocycles. The lowest BCUT2D eigenvalue weighted by molar-refractivity contribution is 0.0730. The van der Waals surface area contributed by atoms with Crippen molar-refractivity contribution >= 4 is 15.9 Å². The molecular weight excluding hydrogens is 426 g/mol. The lowest BCUT2D eigenvalue weighted by Gasteiger charge is -2.30. The summed E-state index contributed by atoms with van der Waals surface area (Å²) in [7, 11) is -3.57. The van der Waals surface area contributed by atoms with Gasteiger partial charge in [-0.2, -0.15) is 4.31 Å². The second kappa shape index (κ2) is 11.6. The van der Waals surface area contributed by atoms with Crippen LogP contribution >= 0.6 is 0 Å². The summed E-state index contributed by atoms with van der Waals surface area (Å²) in [5.41, 5.74) is 1.68. The van der Waals surface area contributed by atoms with Crippen LogP contribution < -0.4 is 5.32 Å². The fraction of sp³-hybridized carbons (Fsp3) is 0.458. The van der Waals surface area contributed by atoms with Crippen molar-refractivity contribution in [2.24, 2.45) is 0 Å². The third kappa shape index (κ3) is 6.16. The maximum Gasteiger partial charge on any atom is 0.251 e. The maximum absolute atomic E-state index is 12.8. The number of likely N-dealkylation sites (N-methyl/N-ethyl adjacent to an activating group) is 1. The van der Waals surface area contributed by atoms with E-state index in [1.165, 1.54) is 22.0 Å². The van der Waals surface area contributed by atoms with Crippen LogP contribution in [0, 0.1) is 0 Å². The Hall–Kier alpha value is -2.26. The van der Waals surface area contributed by atoms with Crippen molar-refractivity contribution in [2.45, 2.75) is 31.2 Å². The van der Waals surface area contributed by atoms with Crippen LogP contribution in [0.25, 0.3) is 0 Å². The van der Waals surface area contributed by atoms with Crippen molar-refractivity contribution in [3.63, 3.8) is 0 Å². The Morgan fingerprint density at radius 3 is 2.25 bits per heavy atom. The summed E-state index contributed by atoms with van der Waals surface area (Å²) in [6, 6.07) is 16.6. The number of nitrogens with one attached hydrogen (secondary N) is 1. The molecule has 1 amide bonds. The van der Waals surface area contributed by atoms with E-state index in [2.05, 4.69) is 36.2 Å². The van der Waals surface area contributed by atoms with E-state index in [1.54, 1.807) is 12.1 Å². The number of rotatable bonds is 10. The number of morpholine rings is 1. The van der Waals surface area contributed by atoms with Crippen molar-refractivity contribution in [1.29, 1.82) is 0 Å². The van der Waals surface area contributed by atoms with Gasteiger partial charge in [0.2, 0.25) is 10.0 Å². The molecule has 1 aliphatic heterocycles. The summed E-state index contributed by atoms with van der Waals surface area (Å²) in [5.74, 6) is -0.203. The predicted octanol–water partition coefficient (Wildman–Crippen LogP) is 2.39. The molecular formula is C24H33N3O4S. The summed E-state index contributed by atoms with van der Waals surface area (Å²) >= 11 is 0. The van der Waals surface area contributed by atoms with E-state index in [0.717, 1.165) is 19.5 Å². The van der Waals surface area contributed by atoms with Gasteiger partial charge in [-0.15, -0.1) is 0 Å². The third-order valence-electron chi connectivity index (χ3n) is 5.87. The van der Waals surface area contributed by atoms with Gasteiger partial charge in [0.15, 0.2) is 0 Å². The lowest BCUT2D eigenvalue weighted by Crippen LogP contribution is -2.45. The molecule has 1 unspecified atom stereocenters. The fourth-order valence-corrected chi connectivity index (χ4v) is 5.39. The minimum absolute atomic E-state index is 0.178. The summed E-state index contributed by atoms with van der Waals surface area (Å²) in [4.78, 5) is 15.3. The number of carbonyl (C=O) groups excluding carboxylic acids is 1. The second-order valence-electron chi connectivity index (χ2n) is 7.82. The highest BCUT2D eigenvalue weighted by atomic mass is 32.2. The largest absolute Gasteiger partial charge is 0.379 e. The van der Waals surface area contributed by atoms with Crippen LogP contribution in [0.3, 0.4) is 0 Å². The molecule has 0 aromatic heterocycles. The normalized spacial score (nSPS) is 16.1. The number of sulfonamides is 1. The van der Waals surface area contributed by atoms with E-state index >= 15 is 0 Å². The van der Waals surface area contributed by atoms with Crippen molar-refractivity contribution in [3.8, 4) is 0 Å². The molecule has 0 bridgehead atoms. The zero-order valence-electron chi connectivity index (χ0n) is 18.9. The first kappa shape index (κ1) is 24.4. The average molecular weight is 460 g/mol. The Kier molecular flexibility index (Phi) is 8.81. The number of hydrogen-bond acceptors (Lipinski definition) is 5. The van der Waals surface area contributed by atoms with Gasteiger partial charge in [0.25, 0.3) is 5.91 Å². The third-order valence-corrected chi connectivity index (χ3v) is 7.78. The molecule has 1 saturated heterocycles. The van der Waals surface area contributed by atoms with Crippen molar-refractivity contribution in [3.05, 3.63) is 65.7 Å². The molecule has 1 heterocycles. The maximum atomic E-state index is 12.8. The van der Waals surface area contributed by atoms with Gasteiger partial charge in [-0.3, -0.25) is 9.69 Å². The van der Waals surface area contributed by atoms with Gasteiger partial charge in [0.05, 0.1) is 18.1 Å². The lowest BCUT2D eigenvalue weighted by atomic mass is 10.0.